The Bertz CT molecular complexity index is 1110. The van der Waals surface area contributed by atoms with Crippen molar-refractivity contribution >= 4 is 34.2 Å². The Labute approximate surface area is 161 Å². The molecule has 27 heavy (non-hydrogen) atoms. The van der Waals surface area contributed by atoms with Crippen molar-refractivity contribution in [1.82, 2.24) is 19.9 Å². The van der Waals surface area contributed by atoms with Gasteiger partial charge in [0.25, 0.3) is 0 Å². The molecule has 0 radical (unpaired) electrons. The molecule has 0 saturated heterocycles. The summed E-state index contributed by atoms with van der Waals surface area (Å²) in [6, 6.07) is 20.1. The molecule has 5 nitrogen and oxygen atoms in total. The molecule has 1 amide bonds. The van der Waals surface area contributed by atoms with E-state index in [1.165, 1.54) is 11.8 Å². The third-order valence-electron chi connectivity index (χ3n) is 4.58. The average molecular weight is 376 g/mol. The number of para-hydroxylation sites is 1. The summed E-state index contributed by atoms with van der Waals surface area (Å²) in [5, 5.41) is 13.5. The fraction of sp³-hybridized carbons (Fsp3) is 0.190. The Kier molecular flexibility index (Phi) is 4.81. The van der Waals surface area contributed by atoms with Crippen LogP contribution in [0.1, 0.15) is 24.1 Å². The van der Waals surface area contributed by atoms with Crippen LogP contribution in [-0.4, -0.2) is 26.3 Å². The number of rotatable bonds is 5. The predicted molar refractivity (Wildman–Crippen MR) is 109 cm³/mol. The van der Waals surface area contributed by atoms with E-state index in [2.05, 4.69) is 34.6 Å². The first-order chi connectivity index (χ1) is 13.1. The van der Waals surface area contributed by atoms with Gasteiger partial charge < -0.3 is 5.32 Å². The van der Waals surface area contributed by atoms with Crippen LogP contribution in [0.25, 0.3) is 16.6 Å². The number of nitrogens with one attached hydrogen (secondary N) is 1. The quantitative estimate of drug-likeness (QED) is 0.531. The molecular formula is C21H20N4OS. The molecule has 0 fully saturated rings. The fourth-order valence-corrected chi connectivity index (χ4v) is 3.97. The first-order valence-corrected chi connectivity index (χ1v) is 9.82. The van der Waals surface area contributed by atoms with Crippen molar-refractivity contribution in [3.05, 3.63) is 71.8 Å². The van der Waals surface area contributed by atoms with Crippen molar-refractivity contribution in [2.75, 3.05) is 5.75 Å². The van der Waals surface area contributed by atoms with Gasteiger partial charge in [0, 0.05) is 5.39 Å². The van der Waals surface area contributed by atoms with Gasteiger partial charge in [-0.3, -0.25) is 9.20 Å². The van der Waals surface area contributed by atoms with Gasteiger partial charge in [-0.1, -0.05) is 60.3 Å². The smallest absolute Gasteiger partial charge is 0.230 e. The van der Waals surface area contributed by atoms with Gasteiger partial charge in [-0.05, 0) is 37.1 Å². The summed E-state index contributed by atoms with van der Waals surface area (Å²) in [5.41, 5.74) is 4.10. The lowest BCUT2D eigenvalue weighted by Gasteiger charge is -2.14. The monoisotopic (exact) mass is 376 g/mol. The van der Waals surface area contributed by atoms with E-state index in [1.807, 2.05) is 59.9 Å². The Morgan fingerprint density at radius 1 is 1.11 bits per heavy atom. The normalized spacial score (nSPS) is 12.4. The summed E-state index contributed by atoms with van der Waals surface area (Å²) in [7, 11) is 0. The molecule has 2 aromatic heterocycles. The van der Waals surface area contributed by atoms with Crippen molar-refractivity contribution in [3.8, 4) is 0 Å². The molecule has 0 aliphatic carbocycles. The molecule has 0 spiro atoms. The number of amides is 1. The van der Waals surface area contributed by atoms with Crippen molar-refractivity contribution in [2.24, 2.45) is 0 Å². The number of aromatic nitrogens is 3. The number of hydrogen-bond acceptors (Lipinski definition) is 4. The average Bonchev–Trinajstić information content (AvgIpc) is 3.10. The van der Waals surface area contributed by atoms with Gasteiger partial charge in [0.1, 0.15) is 0 Å². The number of fused-ring (bicyclic) bond motifs is 3. The minimum atomic E-state index is -0.0297. The number of nitrogens with zero attached hydrogens (tertiary/aromatic N) is 3. The highest BCUT2D eigenvalue weighted by Gasteiger charge is 2.14. The molecule has 4 rings (SSSR count). The third-order valence-corrected chi connectivity index (χ3v) is 5.51. The summed E-state index contributed by atoms with van der Waals surface area (Å²) in [5.74, 6) is 0.268. The van der Waals surface area contributed by atoms with Gasteiger partial charge in [0.05, 0.1) is 17.3 Å². The maximum absolute atomic E-state index is 12.4. The molecule has 0 unspecified atom stereocenters. The van der Waals surface area contributed by atoms with Crippen molar-refractivity contribution in [2.45, 2.75) is 25.0 Å². The van der Waals surface area contributed by atoms with E-state index in [-0.39, 0.29) is 11.9 Å². The number of benzene rings is 2. The highest BCUT2D eigenvalue weighted by Crippen LogP contribution is 2.25. The molecule has 6 heteroatoms. The lowest BCUT2D eigenvalue weighted by atomic mass is 10.1. The van der Waals surface area contributed by atoms with E-state index >= 15 is 0 Å². The second-order valence-electron chi connectivity index (χ2n) is 6.51. The highest BCUT2D eigenvalue weighted by atomic mass is 32.2. The first kappa shape index (κ1) is 17.5. The molecule has 0 saturated carbocycles. The molecule has 136 valence electrons. The van der Waals surface area contributed by atoms with E-state index in [0.29, 0.717) is 5.75 Å². The van der Waals surface area contributed by atoms with E-state index in [0.717, 1.165) is 32.8 Å². The Hall–Kier alpha value is -2.86. The lowest BCUT2D eigenvalue weighted by molar-refractivity contribution is -0.119. The zero-order valence-corrected chi connectivity index (χ0v) is 16.0. The minimum absolute atomic E-state index is 0.0236. The Morgan fingerprint density at radius 3 is 2.67 bits per heavy atom. The maximum atomic E-state index is 12.4. The maximum Gasteiger partial charge on any atom is 0.230 e. The predicted octanol–water partition coefficient (Wildman–Crippen LogP) is 4.16. The van der Waals surface area contributed by atoms with E-state index < -0.39 is 0 Å². The van der Waals surface area contributed by atoms with Gasteiger partial charge in [-0.25, -0.2) is 0 Å². The van der Waals surface area contributed by atoms with Gasteiger partial charge >= 0.3 is 0 Å². The summed E-state index contributed by atoms with van der Waals surface area (Å²) >= 11 is 1.40. The first-order valence-electron chi connectivity index (χ1n) is 8.84. The number of aryl methyl sites for hydroxylation is 1. The largest absolute Gasteiger partial charge is 0.349 e. The van der Waals surface area contributed by atoms with Crippen LogP contribution in [0.3, 0.4) is 0 Å². The molecule has 1 N–H and O–H groups in total. The molecule has 1 atom stereocenters. The van der Waals surface area contributed by atoms with E-state index in [9.17, 15) is 4.79 Å². The van der Waals surface area contributed by atoms with Crippen LogP contribution in [0.5, 0.6) is 0 Å². The van der Waals surface area contributed by atoms with Crippen molar-refractivity contribution < 1.29 is 4.79 Å². The molecule has 0 aliphatic rings. The number of carbonyl (C=O) groups is 1. The van der Waals surface area contributed by atoms with Crippen LogP contribution in [0, 0.1) is 6.92 Å². The minimum Gasteiger partial charge on any atom is -0.349 e. The second kappa shape index (κ2) is 7.40. The van der Waals surface area contributed by atoms with Crippen LogP contribution >= 0.6 is 11.8 Å². The molecule has 4 aromatic rings. The second-order valence-corrected chi connectivity index (χ2v) is 7.45. The number of carbonyl (C=O) groups excluding carboxylic acids is 1. The van der Waals surface area contributed by atoms with Crippen LogP contribution in [-0.2, 0) is 4.79 Å². The van der Waals surface area contributed by atoms with Crippen LogP contribution in [0.2, 0.25) is 0 Å². The summed E-state index contributed by atoms with van der Waals surface area (Å²) in [6.45, 7) is 4.06. The lowest BCUT2D eigenvalue weighted by Crippen LogP contribution is -2.28. The van der Waals surface area contributed by atoms with Crippen LogP contribution in [0.4, 0.5) is 0 Å². The summed E-state index contributed by atoms with van der Waals surface area (Å²) < 4.78 is 2.01. The molecule has 0 aliphatic heterocycles. The molecule has 2 aromatic carbocycles. The molecular weight excluding hydrogens is 356 g/mol. The van der Waals surface area contributed by atoms with Crippen molar-refractivity contribution in [1.29, 1.82) is 0 Å². The highest BCUT2D eigenvalue weighted by molar-refractivity contribution is 7.99. The standard InChI is InChI=1S/C21H20N4OS/c1-14-12-19-23-24-21(25(19)18-11-7-6-10-17(14)18)27-13-20(26)22-15(2)16-8-4-3-5-9-16/h3-12,15H,13H2,1-2H3,(H,22,26)/t15-/m0/s1. The van der Waals surface area contributed by atoms with Gasteiger partial charge in [-0.15, -0.1) is 10.2 Å². The Morgan fingerprint density at radius 2 is 1.85 bits per heavy atom. The summed E-state index contributed by atoms with van der Waals surface area (Å²) in [4.78, 5) is 12.4. The number of thioether (sulfide) groups is 1. The third kappa shape index (κ3) is 3.53. The zero-order valence-electron chi connectivity index (χ0n) is 15.2. The SMILES string of the molecule is Cc1cc2nnc(SCC(=O)N[C@@H](C)c3ccccc3)n2c2ccccc12. The molecule has 0 bridgehead atoms. The van der Waals surface area contributed by atoms with Crippen LogP contribution < -0.4 is 5.32 Å². The van der Waals surface area contributed by atoms with E-state index in [1.54, 1.807) is 0 Å². The van der Waals surface area contributed by atoms with Gasteiger partial charge in [-0.2, -0.15) is 0 Å². The zero-order chi connectivity index (χ0) is 18.8. The number of hydrogen-bond donors (Lipinski definition) is 1. The topological polar surface area (TPSA) is 59.3 Å². The number of pyridine rings is 1. The summed E-state index contributed by atoms with van der Waals surface area (Å²) in [6.07, 6.45) is 0. The van der Waals surface area contributed by atoms with Crippen molar-refractivity contribution in [3.63, 3.8) is 0 Å². The van der Waals surface area contributed by atoms with Crippen LogP contribution in [0.15, 0.2) is 65.8 Å². The fourth-order valence-electron chi connectivity index (χ4n) is 3.21. The van der Waals surface area contributed by atoms with Gasteiger partial charge in [0.2, 0.25) is 5.91 Å². The van der Waals surface area contributed by atoms with Gasteiger partial charge in [0.15, 0.2) is 10.8 Å². The molecule has 2 heterocycles. The Balaban J connectivity index is 1.52. The van der Waals surface area contributed by atoms with E-state index in [4.69, 9.17) is 0 Å².